The molecule has 3 N–H and O–H groups in total. The molecule has 1 saturated heterocycles. The molecule has 2 aromatic carbocycles. The first kappa shape index (κ1) is 20.9. The number of sulfonamides is 1. The molecule has 3 aromatic rings. The summed E-state index contributed by atoms with van der Waals surface area (Å²) < 4.78 is 36.4. The van der Waals surface area contributed by atoms with Crippen LogP contribution >= 0.6 is 11.3 Å². The van der Waals surface area contributed by atoms with Gasteiger partial charge in [0.05, 0.1) is 10.5 Å². The second-order valence-corrected chi connectivity index (χ2v) is 9.27. The van der Waals surface area contributed by atoms with E-state index in [1.807, 2.05) is 0 Å². The van der Waals surface area contributed by atoms with Crippen LogP contribution in [0.25, 0.3) is 5.76 Å². The van der Waals surface area contributed by atoms with Gasteiger partial charge < -0.3 is 5.11 Å². The number of carbonyl (C=O) groups excluding carboxylic acids is 2. The van der Waals surface area contributed by atoms with Crippen molar-refractivity contribution in [3.8, 4) is 0 Å². The van der Waals surface area contributed by atoms with Gasteiger partial charge in [0.2, 0.25) is 10.0 Å². The van der Waals surface area contributed by atoms with Gasteiger partial charge in [-0.2, -0.15) is 0 Å². The van der Waals surface area contributed by atoms with Crippen LogP contribution < -0.4 is 10.0 Å². The molecule has 0 saturated carbocycles. The largest absolute Gasteiger partial charge is 0.507 e. The van der Waals surface area contributed by atoms with E-state index in [9.17, 15) is 27.5 Å². The van der Waals surface area contributed by atoms with Gasteiger partial charge in [-0.3, -0.25) is 14.5 Å². The van der Waals surface area contributed by atoms with Crippen molar-refractivity contribution in [3.63, 3.8) is 0 Å². The fourth-order valence-corrected chi connectivity index (χ4v) is 4.71. The van der Waals surface area contributed by atoms with Gasteiger partial charge in [-0.15, -0.1) is 11.3 Å². The Morgan fingerprint density at radius 3 is 2.23 bits per heavy atom. The number of aliphatic hydroxyl groups is 1. The Bertz CT molecular complexity index is 1300. The predicted molar refractivity (Wildman–Crippen MR) is 113 cm³/mol. The molecule has 158 valence electrons. The van der Waals surface area contributed by atoms with Gasteiger partial charge >= 0.3 is 0 Å². The van der Waals surface area contributed by atoms with E-state index in [0.29, 0.717) is 4.88 Å². The lowest BCUT2D eigenvalue weighted by Crippen LogP contribution is -2.29. The maximum atomic E-state index is 13.3. The summed E-state index contributed by atoms with van der Waals surface area (Å²) in [7, 11) is -3.94. The third-order valence-electron chi connectivity index (χ3n) is 4.82. The van der Waals surface area contributed by atoms with Crippen LogP contribution in [0.4, 0.5) is 10.1 Å². The van der Waals surface area contributed by atoms with Crippen molar-refractivity contribution in [2.75, 3.05) is 4.90 Å². The first-order valence-electron chi connectivity index (χ1n) is 8.91. The van der Waals surface area contributed by atoms with Crippen molar-refractivity contribution in [2.24, 2.45) is 5.14 Å². The number of nitrogens with zero attached hydrogens (tertiary/aromatic N) is 1. The molecule has 2 heterocycles. The third kappa shape index (κ3) is 3.76. The molecule has 1 aliphatic heterocycles. The minimum Gasteiger partial charge on any atom is -0.507 e. The molecule has 1 atom stereocenters. The Hall–Kier alpha value is -3.34. The van der Waals surface area contributed by atoms with Gasteiger partial charge in [0.25, 0.3) is 11.7 Å². The molecule has 31 heavy (non-hydrogen) atoms. The fourth-order valence-electron chi connectivity index (χ4n) is 3.37. The number of rotatable bonds is 4. The molecule has 1 aromatic heterocycles. The van der Waals surface area contributed by atoms with Crippen LogP contribution in [-0.4, -0.2) is 25.2 Å². The van der Waals surface area contributed by atoms with Gasteiger partial charge in [-0.1, -0.05) is 6.07 Å². The molecule has 0 bridgehead atoms. The smallest absolute Gasteiger partial charge is 0.300 e. The molecule has 0 spiro atoms. The van der Waals surface area contributed by atoms with Gasteiger partial charge in [0.15, 0.2) is 0 Å². The molecule has 1 amide bonds. The van der Waals surface area contributed by atoms with Crippen LogP contribution in [0.5, 0.6) is 0 Å². The maximum absolute atomic E-state index is 13.3. The molecule has 1 aliphatic rings. The summed E-state index contributed by atoms with van der Waals surface area (Å²) in [6.07, 6.45) is 0. The number of Topliss-reactive ketones (excluding diaryl/α,β-unsaturated/α-hetero) is 1. The molecule has 0 aliphatic carbocycles. The normalized spacial score (nSPS) is 18.5. The van der Waals surface area contributed by atoms with E-state index in [1.165, 1.54) is 52.6 Å². The lowest BCUT2D eigenvalue weighted by Gasteiger charge is -2.24. The van der Waals surface area contributed by atoms with Crippen molar-refractivity contribution >= 4 is 44.5 Å². The number of thiophene rings is 1. The number of primary sulfonamides is 1. The van der Waals surface area contributed by atoms with Crippen molar-refractivity contribution in [1.82, 2.24) is 0 Å². The van der Waals surface area contributed by atoms with E-state index in [2.05, 4.69) is 0 Å². The second kappa shape index (κ2) is 7.73. The van der Waals surface area contributed by atoms with Crippen LogP contribution in [0.15, 0.2) is 76.5 Å². The lowest BCUT2D eigenvalue weighted by atomic mass is 9.99. The molecule has 4 rings (SSSR count). The van der Waals surface area contributed by atoms with Crippen molar-refractivity contribution in [2.45, 2.75) is 10.9 Å². The number of hydrogen-bond acceptors (Lipinski definition) is 6. The highest BCUT2D eigenvalue weighted by molar-refractivity contribution is 7.89. The number of benzene rings is 2. The van der Waals surface area contributed by atoms with Gasteiger partial charge in [0, 0.05) is 16.1 Å². The van der Waals surface area contributed by atoms with E-state index >= 15 is 0 Å². The first-order chi connectivity index (χ1) is 14.7. The number of nitrogens with two attached hydrogens (primary N) is 1. The zero-order valence-electron chi connectivity index (χ0n) is 15.7. The Morgan fingerprint density at radius 2 is 1.68 bits per heavy atom. The summed E-state index contributed by atoms with van der Waals surface area (Å²) in [5.41, 5.74) is 0.297. The third-order valence-corrected chi connectivity index (χ3v) is 6.67. The second-order valence-electron chi connectivity index (χ2n) is 6.73. The molecular weight excluding hydrogens is 443 g/mol. The molecule has 1 unspecified atom stereocenters. The highest BCUT2D eigenvalue weighted by Gasteiger charge is 2.47. The molecule has 1 fully saturated rings. The van der Waals surface area contributed by atoms with Crippen LogP contribution in [-0.2, 0) is 19.6 Å². The number of hydrogen-bond donors (Lipinski definition) is 2. The monoisotopic (exact) mass is 458 g/mol. The lowest BCUT2D eigenvalue weighted by molar-refractivity contribution is -0.132. The van der Waals surface area contributed by atoms with E-state index in [1.54, 1.807) is 17.5 Å². The van der Waals surface area contributed by atoms with Crippen LogP contribution in [0.3, 0.4) is 0 Å². The Kier molecular flexibility index (Phi) is 5.21. The maximum Gasteiger partial charge on any atom is 0.300 e. The number of ketones is 1. The van der Waals surface area contributed by atoms with Gasteiger partial charge in [-0.25, -0.2) is 17.9 Å². The number of aliphatic hydroxyl groups excluding tert-OH is 1. The SMILES string of the molecule is NS(=O)(=O)c1ccc(N2C(=O)C(=O)/C(=C(\O)c3ccc(F)cc3)C2c2cccs2)cc1. The topological polar surface area (TPSA) is 118 Å². The Balaban J connectivity index is 1.88. The number of carbonyl (C=O) groups is 2. The van der Waals surface area contributed by atoms with E-state index in [0.717, 1.165) is 12.1 Å². The number of anilines is 1. The molecular formula is C21H15FN2O5S2. The van der Waals surface area contributed by atoms with E-state index in [4.69, 9.17) is 5.14 Å². The molecule has 10 heteroatoms. The summed E-state index contributed by atoms with van der Waals surface area (Å²) in [6.45, 7) is 0. The van der Waals surface area contributed by atoms with Gasteiger partial charge in [0.1, 0.15) is 17.6 Å². The van der Waals surface area contributed by atoms with E-state index in [-0.39, 0.29) is 21.7 Å². The average molecular weight is 458 g/mol. The quantitative estimate of drug-likeness (QED) is 0.354. The summed E-state index contributed by atoms with van der Waals surface area (Å²) in [5.74, 6) is -2.73. The predicted octanol–water partition coefficient (Wildman–Crippen LogP) is 3.16. The minimum atomic E-state index is -3.94. The summed E-state index contributed by atoms with van der Waals surface area (Å²) in [6, 6.07) is 12.6. The minimum absolute atomic E-state index is 0.144. The van der Waals surface area contributed by atoms with Crippen LogP contribution in [0.2, 0.25) is 0 Å². The molecule has 7 nitrogen and oxygen atoms in total. The average Bonchev–Trinajstić information content (AvgIpc) is 3.35. The highest BCUT2D eigenvalue weighted by Crippen LogP contribution is 2.43. The summed E-state index contributed by atoms with van der Waals surface area (Å²) in [4.78, 5) is 27.5. The summed E-state index contributed by atoms with van der Waals surface area (Å²) in [5, 5.41) is 17.7. The van der Waals surface area contributed by atoms with Crippen molar-refractivity contribution < 1.29 is 27.5 Å². The number of halogens is 1. The van der Waals surface area contributed by atoms with E-state index < -0.39 is 39.3 Å². The number of amides is 1. The summed E-state index contributed by atoms with van der Waals surface area (Å²) >= 11 is 1.28. The van der Waals surface area contributed by atoms with Gasteiger partial charge in [-0.05, 0) is 60.0 Å². The molecule has 0 radical (unpaired) electrons. The fraction of sp³-hybridized carbons (Fsp3) is 0.0476. The first-order valence-corrected chi connectivity index (χ1v) is 11.3. The Morgan fingerprint density at radius 1 is 1.03 bits per heavy atom. The van der Waals surface area contributed by atoms with Crippen LogP contribution in [0.1, 0.15) is 16.5 Å². The zero-order valence-corrected chi connectivity index (χ0v) is 17.4. The highest BCUT2D eigenvalue weighted by atomic mass is 32.2. The van der Waals surface area contributed by atoms with Crippen molar-refractivity contribution in [1.29, 1.82) is 0 Å². The standard InChI is InChI=1S/C21H15FN2O5S2/c22-13-5-3-12(4-6-13)19(25)17-18(16-2-1-11-30-16)24(21(27)20(17)26)14-7-9-15(10-8-14)31(23,28)29/h1-11,18,25H,(H2,23,28,29)/b19-17-. The Labute approximate surface area is 180 Å². The van der Waals surface area contributed by atoms with Crippen LogP contribution in [0, 0.1) is 5.82 Å². The van der Waals surface area contributed by atoms with Crippen molar-refractivity contribution in [3.05, 3.63) is 87.9 Å². The zero-order chi connectivity index (χ0) is 22.3.